The summed E-state index contributed by atoms with van der Waals surface area (Å²) >= 11 is 0. The number of carbonyl (C=O) groups excluding carboxylic acids is 1. The fourth-order valence-electron chi connectivity index (χ4n) is 2.20. The van der Waals surface area contributed by atoms with Gasteiger partial charge in [-0.3, -0.25) is 4.79 Å². The zero-order valence-electron chi connectivity index (χ0n) is 10.3. The number of carboxylic acids is 1. The smallest absolute Gasteiger partial charge is 0.391 e. The van der Waals surface area contributed by atoms with Crippen LogP contribution in [0.2, 0.25) is 0 Å². The van der Waals surface area contributed by atoms with Gasteiger partial charge in [0.25, 0.3) is 0 Å². The molecule has 108 valence electrons. The number of rotatable bonds is 4. The second-order valence-corrected chi connectivity index (χ2v) is 4.67. The molecule has 2 N–H and O–H groups in total. The van der Waals surface area contributed by atoms with E-state index in [-0.39, 0.29) is 0 Å². The monoisotopic (exact) mass is 287 g/mol. The van der Waals surface area contributed by atoms with Gasteiger partial charge in [0.1, 0.15) is 6.04 Å². The molecular weight excluding hydrogens is 275 g/mol. The highest BCUT2D eigenvalue weighted by Crippen LogP contribution is 2.35. The Kier molecular flexibility index (Phi) is 3.69. The summed E-state index contributed by atoms with van der Waals surface area (Å²) in [4.78, 5) is 22.6. The molecular formula is C13H12F3NO3. The molecule has 0 saturated heterocycles. The number of hydrogen-bond acceptors (Lipinski definition) is 2. The minimum Gasteiger partial charge on any atom is -0.480 e. The second kappa shape index (κ2) is 5.15. The van der Waals surface area contributed by atoms with Crippen molar-refractivity contribution in [2.75, 3.05) is 0 Å². The van der Waals surface area contributed by atoms with Gasteiger partial charge in [0.15, 0.2) is 0 Å². The molecule has 0 aliphatic heterocycles. The van der Waals surface area contributed by atoms with Gasteiger partial charge in [0.2, 0.25) is 5.91 Å². The molecule has 0 saturated carbocycles. The van der Waals surface area contributed by atoms with E-state index in [1.165, 1.54) is 0 Å². The zero-order valence-corrected chi connectivity index (χ0v) is 10.3. The van der Waals surface area contributed by atoms with Crippen LogP contribution in [-0.2, 0) is 16.0 Å². The Morgan fingerprint density at radius 3 is 2.55 bits per heavy atom. The second-order valence-electron chi connectivity index (χ2n) is 4.67. The van der Waals surface area contributed by atoms with Crippen LogP contribution in [0.4, 0.5) is 13.2 Å². The lowest BCUT2D eigenvalue weighted by molar-refractivity contribution is -0.160. The third-order valence-corrected chi connectivity index (χ3v) is 3.22. The summed E-state index contributed by atoms with van der Waals surface area (Å²) in [5, 5.41) is 10.7. The molecule has 2 unspecified atom stereocenters. The highest BCUT2D eigenvalue weighted by molar-refractivity contribution is 5.90. The number of hydrogen-bond donors (Lipinski definition) is 2. The lowest BCUT2D eigenvalue weighted by atomic mass is 9.77. The quantitative estimate of drug-likeness (QED) is 0.888. The van der Waals surface area contributed by atoms with Crippen LogP contribution in [-0.4, -0.2) is 29.2 Å². The number of aliphatic carboxylic acids is 1. The van der Waals surface area contributed by atoms with Gasteiger partial charge in [-0.2, -0.15) is 13.2 Å². The van der Waals surface area contributed by atoms with E-state index < -0.39 is 36.4 Å². The first-order chi connectivity index (χ1) is 9.28. The summed E-state index contributed by atoms with van der Waals surface area (Å²) in [6.45, 7) is 0. The molecule has 0 spiro atoms. The van der Waals surface area contributed by atoms with Gasteiger partial charge in [-0.1, -0.05) is 24.3 Å². The van der Waals surface area contributed by atoms with Gasteiger partial charge in [-0.25, -0.2) is 4.79 Å². The predicted octanol–water partition coefficient (Wildman–Crippen LogP) is 1.85. The predicted molar refractivity (Wildman–Crippen MR) is 63.1 cm³/mol. The Balaban J connectivity index is 2.02. The standard InChI is InChI=1S/C13H12F3NO3/c14-13(15,16)6-10(12(19)20)17-11(18)9-5-7-3-1-2-4-8(7)9/h1-4,9-10H,5-6H2,(H,17,18)(H,19,20). The normalized spacial score (nSPS) is 18.6. The van der Waals surface area contributed by atoms with E-state index in [4.69, 9.17) is 5.11 Å². The molecule has 1 aromatic rings. The van der Waals surface area contributed by atoms with Crippen molar-refractivity contribution in [2.24, 2.45) is 0 Å². The Morgan fingerprint density at radius 2 is 2.00 bits per heavy atom. The van der Waals surface area contributed by atoms with Gasteiger partial charge in [0, 0.05) is 0 Å². The van der Waals surface area contributed by atoms with Gasteiger partial charge in [-0.05, 0) is 17.5 Å². The molecule has 1 aliphatic carbocycles. The topological polar surface area (TPSA) is 66.4 Å². The summed E-state index contributed by atoms with van der Waals surface area (Å²) < 4.78 is 36.7. The van der Waals surface area contributed by atoms with Crippen LogP contribution < -0.4 is 5.32 Å². The van der Waals surface area contributed by atoms with Crippen molar-refractivity contribution in [1.82, 2.24) is 5.32 Å². The Hall–Kier alpha value is -2.05. The van der Waals surface area contributed by atoms with E-state index in [2.05, 4.69) is 0 Å². The number of carboxylic acid groups (broad SMARTS) is 1. The Morgan fingerprint density at radius 1 is 1.35 bits per heavy atom. The fraction of sp³-hybridized carbons (Fsp3) is 0.385. The minimum absolute atomic E-state index is 0.417. The van der Waals surface area contributed by atoms with Crippen LogP contribution >= 0.6 is 0 Å². The van der Waals surface area contributed by atoms with Crippen molar-refractivity contribution in [3.8, 4) is 0 Å². The van der Waals surface area contributed by atoms with Crippen LogP contribution in [0.5, 0.6) is 0 Å². The van der Waals surface area contributed by atoms with Crippen molar-refractivity contribution in [3.05, 3.63) is 35.4 Å². The molecule has 7 heteroatoms. The van der Waals surface area contributed by atoms with Crippen molar-refractivity contribution >= 4 is 11.9 Å². The highest BCUT2D eigenvalue weighted by atomic mass is 19.4. The van der Waals surface area contributed by atoms with Gasteiger partial charge in [-0.15, -0.1) is 0 Å². The third kappa shape index (κ3) is 3.09. The molecule has 0 aromatic heterocycles. The van der Waals surface area contributed by atoms with Crippen molar-refractivity contribution in [2.45, 2.75) is 31.0 Å². The summed E-state index contributed by atoms with van der Waals surface area (Å²) in [6.07, 6.45) is -5.81. The Labute approximate surface area is 112 Å². The van der Waals surface area contributed by atoms with Crippen LogP contribution in [0.1, 0.15) is 23.5 Å². The van der Waals surface area contributed by atoms with E-state index >= 15 is 0 Å². The fourth-order valence-corrected chi connectivity index (χ4v) is 2.20. The Bertz CT molecular complexity index is 542. The molecule has 2 atom stereocenters. The van der Waals surface area contributed by atoms with E-state index in [9.17, 15) is 22.8 Å². The molecule has 1 aliphatic rings. The summed E-state index contributed by atoms with van der Waals surface area (Å²) in [5.74, 6) is -2.94. The average Bonchev–Trinajstić information content (AvgIpc) is 2.28. The molecule has 0 fully saturated rings. The number of amides is 1. The van der Waals surface area contributed by atoms with E-state index in [1.54, 1.807) is 18.2 Å². The number of benzene rings is 1. The minimum atomic E-state index is -4.64. The molecule has 0 radical (unpaired) electrons. The first-order valence-electron chi connectivity index (χ1n) is 5.95. The summed E-state index contributed by atoms with van der Waals surface area (Å²) in [5.41, 5.74) is 1.69. The SMILES string of the molecule is O=C(O)C(CC(F)(F)F)NC(=O)C1Cc2ccccc21. The number of fused-ring (bicyclic) bond motifs is 1. The molecule has 20 heavy (non-hydrogen) atoms. The average molecular weight is 287 g/mol. The van der Waals surface area contributed by atoms with Crippen molar-refractivity contribution < 1.29 is 27.9 Å². The van der Waals surface area contributed by atoms with Crippen LogP contribution in [0, 0.1) is 0 Å². The van der Waals surface area contributed by atoms with Gasteiger partial charge < -0.3 is 10.4 Å². The van der Waals surface area contributed by atoms with Crippen molar-refractivity contribution in [1.29, 1.82) is 0 Å². The molecule has 1 amide bonds. The first kappa shape index (κ1) is 14.4. The highest BCUT2D eigenvalue weighted by Gasteiger charge is 2.39. The molecule has 0 bridgehead atoms. The molecule has 4 nitrogen and oxygen atoms in total. The van der Waals surface area contributed by atoms with E-state index in [0.717, 1.165) is 11.1 Å². The number of nitrogens with one attached hydrogen (secondary N) is 1. The van der Waals surface area contributed by atoms with Crippen LogP contribution in [0.3, 0.4) is 0 Å². The summed E-state index contributed by atoms with van der Waals surface area (Å²) in [6, 6.07) is 5.11. The molecule has 1 aromatic carbocycles. The van der Waals surface area contributed by atoms with E-state index in [1.807, 2.05) is 11.4 Å². The first-order valence-corrected chi connectivity index (χ1v) is 5.95. The largest absolute Gasteiger partial charge is 0.480 e. The van der Waals surface area contributed by atoms with E-state index in [0.29, 0.717) is 6.42 Å². The van der Waals surface area contributed by atoms with Crippen LogP contribution in [0.25, 0.3) is 0 Å². The third-order valence-electron chi connectivity index (χ3n) is 3.22. The zero-order chi connectivity index (χ0) is 14.9. The number of alkyl halides is 3. The lowest BCUT2D eigenvalue weighted by Gasteiger charge is -2.30. The number of halogens is 3. The summed E-state index contributed by atoms with van der Waals surface area (Å²) in [7, 11) is 0. The number of carbonyl (C=O) groups is 2. The maximum Gasteiger partial charge on any atom is 0.391 e. The lowest BCUT2D eigenvalue weighted by Crippen LogP contribution is -2.47. The molecule has 2 rings (SSSR count). The maximum atomic E-state index is 12.2. The van der Waals surface area contributed by atoms with Gasteiger partial charge in [0.05, 0.1) is 12.3 Å². The maximum absolute atomic E-state index is 12.2. The van der Waals surface area contributed by atoms with Gasteiger partial charge >= 0.3 is 12.1 Å². The van der Waals surface area contributed by atoms with Crippen LogP contribution in [0.15, 0.2) is 24.3 Å². The van der Waals surface area contributed by atoms with Crippen molar-refractivity contribution in [3.63, 3.8) is 0 Å². The molecule has 0 heterocycles.